The highest BCUT2D eigenvalue weighted by atomic mass is 35.5. The first-order valence-corrected chi connectivity index (χ1v) is 9.15. The average Bonchev–Trinajstić information content (AvgIpc) is 2.72. The predicted molar refractivity (Wildman–Crippen MR) is 105 cm³/mol. The molecular weight excluding hydrogens is 382 g/mol. The molecule has 0 saturated heterocycles. The van der Waals surface area contributed by atoms with Gasteiger partial charge in [0, 0.05) is 23.6 Å². The molecule has 0 spiro atoms. The molecule has 0 aromatic heterocycles. The zero-order valence-electron chi connectivity index (χ0n) is 15.8. The van der Waals surface area contributed by atoms with Crippen LogP contribution in [-0.2, 0) is 20.9 Å². The molecule has 0 atom stereocenters. The average molecular weight is 404 g/mol. The number of hydrogen-bond donors (Lipinski definition) is 0. The Morgan fingerprint density at radius 1 is 1.00 bits per heavy atom. The van der Waals surface area contributed by atoms with Crippen LogP contribution in [0.3, 0.4) is 0 Å². The van der Waals surface area contributed by atoms with E-state index in [1.54, 1.807) is 55.5 Å². The molecule has 0 N–H and O–H groups in total. The summed E-state index contributed by atoms with van der Waals surface area (Å²) in [6.07, 6.45) is 0.422. The maximum Gasteiger partial charge on any atom is 0.325 e. The first-order valence-electron chi connectivity index (χ1n) is 8.78. The largest absolute Gasteiger partial charge is 0.484 e. The van der Waals surface area contributed by atoms with Crippen molar-refractivity contribution in [2.45, 2.75) is 19.9 Å². The molecule has 2 aromatic rings. The molecule has 0 radical (unpaired) electrons. The van der Waals surface area contributed by atoms with Crippen LogP contribution in [0, 0.1) is 0 Å². The van der Waals surface area contributed by atoms with Gasteiger partial charge in [-0.3, -0.25) is 14.4 Å². The number of ether oxygens (including phenoxy) is 2. The Morgan fingerprint density at radius 3 is 2.21 bits per heavy atom. The minimum absolute atomic E-state index is 0.0369. The summed E-state index contributed by atoms with van der Waals surface area (Å²) in [5.41, 5.74) is 1.42. The smallest absolute Gasteiger partial charge is 0.325 e. The lowest BCUT2D eigenvalue weighted by Gasteiger charge is -2.22. The SMILES string of the molecule is CCC(=O)c1ccc(OCC(=O)N(CC(=O)OC)Cc2ccc(Cl)cc2)cc1. The van der Waals surface area contributed by atoms with Gasteiger partial charge < -0.3 is 14.4 Å². The number of rotatable bonds is 9. The van der Waals surface area contributed by atoms with Crippen LogP contribution in [0.15, 0.2) is 48.5 Å². The van der Waals surface area contributed by atoms with Crippen molar-refractivity contribution in [1.82, 2.24) is 4.90 Å². The van der Waals surface area contributed by atoms with E-state index in [0.717, 1.165) is 5.56 Å². The molecule has 148 valence electrons. The van der Waals surface area contributed by atoms with Gasteiger partial charge in [-0.15, -0.1) is 0 Å². The first-order chi connectivity index (χ1) is 13.4. The fraction of sp³-hybridized carbons (Fsp3) is 0.286. The molecule has 0 aliphatic carbocycles. The monoisotopic (exact) mass is 403 g/mol. The summed E-state index contributed by atoms with van der Waals surface area (Å²) in [5, 5.41) is 0.586. The van der Waals surface area contributed by atoms with Crippen LogP contribution < -0.4 is 4.74 Å². The van der Waals surface area contributed by atoms with Gasteiger partial charge in [-0.2, -0.15) is 0 Å². The minimum Gasteiger partial charge on any atom is -0.484 e. The van der Waals surface area contributed by atoms with Crippen molar-refractivity contribution >= 4 is 29.3 Å². The summed E-state index contributed by atoms with van der Waals surface area (Å²) >= 11 is 5.88. The van der Waals surface area contributed by atoms with Crippen LogP contribution in [0.1, 0.15) is 29.3 Å². The quantitative estimate of drug-likeness (QED) is 0.473. The molecule has 7 heteroatoms. The van der Waals surface area contributed by atoms with E-state index < -0.39 is 5.97 Å². The molecule has 0 aliphatic heterocycles. The Labute approximate surface area is 169 Å². The number of nitrogens with zero attached hydrogens (tertiary/aromatic N) is 1. The van der Waals surface area contributed by atoms with Crippen molar-refractivity contribution in [3.63, 3.8) is 0 Å². The van der Waals surface area contributed by atoms with Crippen molar-refractivity contribution in [2.24, 2.45) is 0 Å². The standard InChI is InChI=1S/C21H22ClNO5/c1-3-19(24)16-6-10-18(11-7-16)28-14-20(25)23(13-21(26)27-2)12-15-4-8-17(22)9-5-15/h4-11H,3,12-14H2,1-2H3. The van der Waals surface area contributed by atoms with Crippen LogP contribution in [-0.4, -0.2) is 42.8 Å². The van der Waals surface area contributed by atoms with E-state index >= 15 is 0 Å². The molecule has 0 fully saturated rings. The van der Waals surface area contributed by atoms with Crippen LogP contribution in [0.25, 0.3) is 0 Å². The second-order valence-corrected chi connectivity index (χ2v) is 6.48. The van der Waals surface area contributed by atoms with Gasteiger partial charge in [0.05, 0.1) is 7.11 Å². The van der Waals surface area contributed by atoms with Crippen LogP contribution in [0.2, 0.25) is 5.02 Å². The van der Waals surface area contributed by atoms with Gasteiger partial charge in [-0.1, -0.05) is 30.7 Å². The molecule has 0 heterocycles. The normalized spacial score (nSPS) is 10.2. The number of amides is 1. The summed E-state index contributed by atoms with van der Waals surface area (Å²) < 4.78 is 10.2. The van der Waals surface area contributed by atoms with E-state index in [2.05, 4.69) is 4.74 Å². The number of methoxy groups -OCH3 is 1. The minimum atomic E-state index is -0.523. The Balaban J connectivity index is 2.01. The Morgan fingerprint density at radius 2 is 1.64 bits per heavy atom. The van der Waals surface area contributed by atoms with E-state index in [1.807, 2.05) is 0 Å². The van der Waals surface area contributed by atoms with Crippen LogP contribution in [0.5, 0.6) is 5.75 Å². The van der Waals surface area contributed by atoms with E-state index in [4.69, 9.17) is 16.3 Å². The number of benzene rings is 2. The second kappa shape index (κ2) is 10.5. The molecule has 28 heavy (non-hydrogen) atoms. The zero-order chi connectivity index (χ0) is 20.5. The first kappa shape index (κ1) is 21.4. The maximum absolute atomic E-state index is 12.6. The number of carbonyl (C=O) groups excluding carboxylic acids is 3. The summed E-state index contributed by atoms with van der Waals surface area (Å²) in [6.45, 7) is 1.58. The van der Waals surface area contributed by atoms with Gasteiger partial charge in [0.1, 0.15) is 12.3 Å². The number of ketones is 1. The van der Waals surface area contributed by atoms with E-state index in [0.29, 0.717) is 22.8 Å². The summed E-state index contributed by atoms with van der Waals surface area (Å²) in [6, 6.07) is 13.6. The van der Waals surface area contributed by atoms with Gasteiger partial charge in [-0.05, 0) is 42.0 Å². The van der Waals surface area contributed by atoms with E-state index in [-0.39, 0.29) is 31.4 Å². The van der Waals surface area contributed by atoms with Gasteiger partial charge in [0.15, 0.2) is 12.4 Å². The third kappa shape index (κ3) is 6.39. The molecule has 0 bridgehead atoms. The summed E-state index contributed by atoms with van der Waals surface area (Å²) in [7, 11) is 1.27. The third-order valence-corrected chi connectivity index (χ3v) is 4.30. The fourth-order valence-electron chi connectivity index (χ4n) is 2.44. The Hall–Kier alpha value is -2.86. The number of esters is 1. The van der Waals surface area contributed by atoms with Gasteiger partial charge in [0.25, 0.3) is 5.91 Å². The fourth-order valence-corrected chi connectivity index (χ4v) is 2.57. The number of halogens is 1. The molecule has 0 saturated carbocycles. The predicted octanol–water partition coefficient (Wildman–Crippen LogP) is 3.51. The summed E-state index contributed by atoms with van der Waals surface area (Å²) in [4.78, 5) is 37.2. The topological polar surface area (TPSA) is 72.9 Å². The Bertz CT molecular complexity index is 818. The van der Waals surface area contributed by atoms with Crippen molar-refractivity contribution in [1.29, 1.82) is 0 Å². The lowest BCUT2D eigenvalue weighted by Crippen LogP contribution is -2.38. The molecule has 2 rings (SSSR count). The molecule has 6 nitrogen and oxygen atoms in total. The lowest BCUT2D eigenvalue weighted by atomic mass is 10.1. The zero-order valence-corrected chi connectivity index (χ0v) is 16.6. The van der Waals surface area contributed by atoms with E-state index in [9.17, 15) is 14.4 Å². The number of hydrogen-bond acceptors (Lipinski definition) is 5. The molecule has 0 aliphatic rings. The van der Waals surface area contributed by atoms with Gasteiger partial charge in [0.2, 0.25) is 0 Å². The third-order valence-electron chi connectivity index (χ3n) is 4.05. The van der Waals surface area contributed by atoms with Gasteiger partial charge in [-0.25, -0.2) is 0 Å². The number of carbonyl (C=O) groups is 3. The van der Waals surface area contributed by atoms with Crippen LogP contribution >= 0.6 is 11.6 Å². The van der Waals surface area contributed by atoms with Crippen molar-refractivity contribution in [3.05, 3.63) is 64.7 Å². The Kier molecular flexibility index (Phi) is 8.02. The second-order valence-electron chi connectivity index (χ2n) is 6.04. The van der Waals surface area contributed by atoms with Crippen molar-refractivity contribution < 1.29 is 23.9 Å². The van der Waals surface area contributed by atoms with Crippen molar-refractivity contribution in [3.8, 4) is 5.75 Å². The van der Waals surface area contributed by atoms with Gasteiger partial charge >= 0.3 is 5.97 Å². The molecule has 1 amide bonds. The molecule has 2 aromatic carbocycles. The van der Waals surface area contributed by atoms with E-state index in [1.165, 1.54) is 12.0 Å². The molecular formula is C21H22ClNO5. The highest BCUT2D eigenvalue weighted by Crippen LogP contribution is 2.15. The van der Waals surface area contributed by atoms with Crippen molar-refractivity contribution in [2.75, 3.05) is 20.3 Å². The number of Topliss-reactive ketones (excluding diaryl/α,β-unsaturated/α-hetero) is 1. The highest BCUT2D eigenvalue weighted by Gasteiger charge is 2.19. The van der Waals surface area contributed by atoms with Crippen LogP contribution in [0.4, 0.5) is 0 Å². The lowest BCUT2D eigenvalue weighted by molar-refractivity contribution is -0.148. The highest BCUT2D eigenvalue weighted by molar-refractivity contribution is 6.30. The summed E-state index contributed by atoms with van der Waals surface area (Å²) in [5.74, 6) is -0.390. The maximum atomic E-state index is 12.6. The molecule has 0 unspecified atom stereocenters.